The van der Waals surface area contributed by atoms with Crippen LogP contribution in [0.25, 0.3) is 0 Å². The van der Waals surface area contributed by atoms with Crippen LogP contribution in [-0.4, -0.2) is 5.78 Å². The molecule has 0 heterocycles. The molecule has 1 rings (SSSR count). The molecular formula is C13H14FNO. The number of aryl methyl sites for hydroxylation is 1. The first kappa shape index (κ1) is 12.4. The van der Waals surface area contributed by atoms with Crippen molar-refractivity contribution >= 4 is 5.78 Å². The van der Waals surface area contributed by atoms with Crippen LogP contribution in [0.5, 0.6) is 0 Å². The van der Waals surface area contributed by atoms with Crippen molar-refractivity contribution in [2.45, 2.75) is 26.7 Å². The molecule has 0 aliphatic rings. The second-order valence-corrected chi connectivity index (χ2v) is 3.81. The van der Waals surface area contributed by atoms with Crippen LogP contribution in [0.2, 0.25) is 0 Å². The average molecular weight is 219 g/mol. The van der Waals surface area contributed by atoms with Crippen LogP contribution >= 0.6 is 0 Å². The van der Waals surface area contributed by atoms with Gasteiger partial charge in [-0.2, -0.15) is 5.26 Å². The van der Waals surface area contributed by atoms with Crippen molar-refractivity contribution < 1.29 is 9.18 Å². The lowest BCUT2D eigenvalue weighted by Crippen LogP contribution is -2.15. The fourth-order valence-electron chi connectivity index (χ4n) is 1.58. The maximum atomic E-state index is 13.5. The Bertz CT molecular complexity index is 434. The number of carbonyl (C=O) groups is 1. The predicted molar refractivity (Wildman–Crippen MR) is 59.5 cm³/mol. The molecule has 0 aliphatic heterocycles. The molecule has 84 valence electrons. The van der Waals surface area contributed by atoms with Gasteiger partial charge in [0, 0.05) is 12.3 Å². The molecule has 0 bridgehead atoms. The number of nitriles is 1. The number of rotatable bonds is 4. The van der Waals surface area contributed by atoms with Crippen molar-refractivity contribution in [3.8, 4) is 6.07 Å². The zero-order chi connectivity index (χ0) is 12.1. The van der Waals surface area contributed by atoms with Crippen molar-refractivity contribution in [2.75, 3.05) is 0 Å². The molecule has 0 saturated carbocycles. The summed E-state index contributed by atoms with van der Waals surface area (Å²) in [5, 5.41) is 8.59. The molecule has 16 heavy (non-hydrogen) atoms. The minimum atomic E-state index is -0.507. The molecule has 0 radical (unpaired) electrons. The van der Waals surface area contributed by atoms with E-state index in [1.54, 1.807) is 6.07 Å². The van der Waals surface area contributed by atoms with Gasteiger partial charge in [-0.05, 0) is 25.5 Å². The first-order chi connectivity index (χ1) is 7.60. The topological polar surface area (TPSA) is 40.9 Å². The molecule has 3 heteroatoms. The lowest BCUT2D eigenvalue weighted by Gasteiger charge is -2.10. The van der Waals surface area contributed by atoms with Gasteiger partial charge in [0.25, 0.3) is 0 Å². The van der Waals surface area contributed by atoms with Gasteiger partial charge in [-0.3, -0.25) is 4.79 Å². The Kier molecular flexibility index (Phi) is 4.19. The predicted octanol–water partition coefficient (Wildman–Crippen LogP) is 3.26. The van der Waals surface area contributed by atoms with E-state index in [0.717, 1.165) is 5.56 Å². The van der Waals surface area contributed by atoms with E-state index in [2.05, 4.69) is 0 Å². The molecule has 1 unspecified atom stereocenters. The van der Waals surface area contributed by atoms with E-state index in [4.69, 9.17) is 5.26 Å². The van der Waals surface area contributed by atoms with Crippen LogP contribution in [0.15, 0.2) is 18.2 Å². The lowest BCUT2D eigenvalue weighted by atomic mass is 9.92. The van der Waals surface area contributed by atoms with Crippen molar-refractivity contribution in [2.24, 2.45) is 5.92 Å². The summed E-state index contributed by atoms with van der Waals surface area (Å²) in [6.45, 7) is 3.63. The minimum Gasteiger partial charge on any atom is -0.294 e. The molecule has 0 aliphatic carbocycles. The molecule has 1 aromatic carbocycles. The third-order valence-corrected chi connectivity index (χ3v) is 2.59. The zero-order valence-corrected chi connectivity index (χ0v) is 9.46. The number of ketones is 1. The summed E-state index contributed by atoms with van der Waals surface area (Å²) in [4.78, 5) is 11.9. The fraction of sp³-hybridized carbons (Fsp3) is 0.385. The lowest BCUT2D eigenvalue weighted by molar-refractivity contribution is 0.0914. The normalized spacial score (nSPS) is 11.9. The molecule has 0 spiro atoms. The summed E-state index contributed by atoms with van der Waals surface area (Å²) in [5.41, 5.74) is 0.943. The number of carbonyl (C=O) groups excluding carboxylic acids is 1. The van der Waals surface area contributed by atoms with Crippen LogP contribution in [0.4, 0.5) is 4.39 Å². The number of hydrogen-bond acceptors (Lipinski definition) is 2. The monoisotopic (exact) mass is 219 g/mol. The van der Waals surface area contributed by atoms with E-state index in [-0.39, 0.29) is 17.8 Å². The number of benzene rings is 1. The molecule has 0 aromatic heterocycles. The first-order valence-electron chi connectivity index (χ1n) is 5.27. The Hall–Kier alpha value is -1.69. The van der Waals surface area contributed by atoms with Gasteiger partial charge in [-0.15, -0.1) is 0 Å². The van der Waals surface area contributed by atoms with Crippen LogP contribution in [0.1, 0.15) is 35.7 Å². The van der Waals surface area contributed by atoms with Gasteiger partial charge in [0.1, 0.15) is 5.82 Å². The highest BCUT2D eigenvalue weighted by molar-refractivity contribution is 5.98. The van der Waals surface area contributed by atoms with Gasteiger partial charge >= 0.3 is 0 Å². The van der Waals surface area contributed by atoms with Crippen LogP contribution in [0, 0.1) is 30.0 Å². The molecule has 1 aromatic rings. The Balaban J connectivity index is 3.03. The summed E-state index contributed by atoms with van der Waals surface area (Å²) in [5.74, 6) is -1.18. The molecule has 2 nitrogen and oxygen atoms in total. The standard InChI is InChI=1S/C13H14FNO/c1-3-10(6-7-15)13(16)11-8-9(2)4-5-12(11)14/h4-5,8,10H,3,6H2,1-2H3. The summed E-state index contributed by atoms with van der Waals surface area (Å²) in [7, 11) is 0. The molecule has 0 amide bonds. The Morgan fingerprint density at radius 1 is 1.56 bits per heavy atom. The van der Waals surface area contributed by atoms with E-state index < -0.39 is 11.7 Å². The maximum absolute atomic E-state index is 13.5. The van der Waals surface area contributed by atoms with Crippen molar-refractivity contribution in [1.82, 2.24) is 0 Å². The minimum absolute atomic E-state index is 0.0992. The SMILES string of the molecule is CCC(CC#N)C(=O)c1cc(C)ccc1F. The highest BCUT2D eigenvalue weighted by atomic mass is 19.1. The maximum Gasteiger partial charge on any atom is 0.169 e. The molecular weight excluding hydrogens is 205 g/mol. The van der Waals surface area contributed by atoms with Crippen LogP contribution in [-0.2, 0) is 0 Å². The van der Waals surface area contributed by atoms with Crippen molar-refractivity contribution in [1.29, 1.82) is 5.26 Å². The summed E-state index contributed by atoms with van der Waals surface area (Å²) in [6, 6.07) is 6.42. The summed E-state index contributed by atoms with van der Waals surface area (Å²) < 4.78 is 13.5. The highest BCUT2D eigenvalue weighted by Crippen LogP contribution is 2.19. The Morgan fingerprint density at radius 3 is 2.81 bits per heavy atom. The third kappa shape index (κ3) is 2.66. The molecule has 0 N–H and O–H groups in total. The van der Waals surface area contributed by atoms with Crippen molar-refractivity contribution in [3.63, 3.8) is 0 Å². The van der Waals surface area contributed by atoms with Gasteiger partial charge in [-0.1, -0.05) is 18.6 Å². The third-order valence-electron chi connectivity index (χ3n) is 2.59. The van der Waals surface area contributed by atoms with E-state index >= 15 is 0 Å². The number of nitrogens with zero attached hydrogens (tertiary/aromatic N) is 1. The van der Waals surface area contributed by atoms with E-state index in [0.29, 0.717) is 6.42 Å². The van der Waals surface area contributed by atoms with Gasteiger partial charge in [-0.25, -0.2) is 4.39 Å². The van der Waals surface area contributed by atoms with Gasteiger partial charge in [0.15, 0.2) is 5.78 Å². The molecule has 0 fully saturated rings. The molecule has 1 atom stereocenters. The second-order valence-electron chi connectivity index (χ2n) is 3.81. The summed E-state index contributed by atoms with van der Waals surface area (Å²) in [6.07, 6.45) is 0.697. The van der Waals surface area contributed by atoms with Gasteiger partial charge in [0.05, 0.1) is 11.6 Å². The average Bonchev–Trinajstić information content (AvgIpc) is 2.28. The number of Topliss-reactive ketones (excluding diaryl/α,β-unsaturated/α-hetero) is 1. The quantitative estimate of drug-likeness (QED) is 0.729. The van der Waals surface area contributed by atoms with Crippen LogP contribution in [0.3, 0.4) is 0 Å². The number of hydrogen-bond donors (Lipinski definition) is 0. The fourth-order valence-corrected chi connectivity index (χ4v) is 1.58. The largest absolute Gasteiger partial charge is 0.294 e. The van der Waals surface area contributed by atoms with E-state index in [1.165, 1.54) is 12.1 Å². The highest BCUT2D eigenvalue weighted by Gasteiger charge is 2.20. The molecule has 0 saturated heterocycles. The summed E-state index contributed by atoms with van der Waals surface area (Å²) >= 11 is 0. The van der Waals surface area contributed by atoms with Gasteiger partial charge in [0.2, 0.25) is 0 Å². The first-order valence-corrected chi connectivity index (χ1v) is 5.27. The van der Waals surface area contributed by atoms with Crippen LogP contribution < -0.4 is 0 Å². The van der Waals surface area contributed by atoms with E-state index in [9.17, 15) is 9.18 Å². The zero-order valence-electron chi connectivity index (χ0n) is 9.46. The second kappa shape index (κ2) is 5.41. The van der Waals surface area contributed by atoms with Crippen molar-refractivity contribution in [3.05, 3.63) is 35.1 Å². The smallest absolute Gasteiger partial charge is 0.169 e. The Labute approximate surface area is 94.7 Å². The van der Waals surface area contributed by atoms with E-state index in [1.807, 2.05) is 19.9 Å². The van der Waals surface area contributed by atoms with Gasteiger partial charge < -0.3 is 0 Å². The number of halogens is 1. The Morgan fingerprint density at radius 2 is 2.25 bits per heavy atom.